The van der Waals surface area contributed by atoms with Crippen molar-refractivity contribution in [3.05, 3.63) is 17.5 Å². The fourth-order valence-electron chi connectivity index (χ4n) is 0.766. The van der Waals surface area contributed by atoms with E-state index in [1.165, 1.54) is 7.11 Å². The molecule has 1 unspecified atom stereocenters. The molecular weight excluding hydrogens is 146 g/mol. The van der Waals surface area contributed by atoms with Gasteiger partial charge >= 0.3 is 0 Å². The van der Waals surface area contributed by atoms with Crippen molar-refractivity contribution < 1.29 is 14.1 Å². The second-order valence-electron chi connectivity index (χ2n) is 2.15. The molecule has 0 aliphatic carbocycles. The van der Waals surface area contributed by atoms with E-state index in [-0.39, 0.29) is 0 Å². The van der Waals surface area contributed by atoms with E-state index < -0.39 is 6.10 Å². The molecule has 0 aliphatic heterocycles. The van der Waals surface area contributed by atoms with Crippen LogP contribution in [0.4, 0.5) is 0 Å². The lowest BCUT2D eigenvalue weighted by Crippen LogP contribution is -2.02. The summed E-state index contributed by atoms with van der Waals surface area (Å²) in [5.41, 5.74) is 0.514. The Morgan fingerprint density at radius 2 is 2.55 bits per heavy atom. The zero-order chi connectivity index (χ0) is 8.27. The molecular formula is C7H9NO3. The predicted molar refractivity (Wildman–Crippen MR) is 37.1 cm³/mol. The van der Waals surface area contributed by atoms with Crippen LogP contribution in [0.3, 0.4) is 0 Å². The van der Waals surface area contributed by atoms with E-state index in [1.54, 1.807) is 13.0 Å². The molecule has 0 N–H and O–H groups in total. The summed E-state index contributed by atoms with van der Waals surface area (Å²) in [6.07, 6.45) is 0.0737. The molecule has 0 aliphatic rings. The number of methoxy groups -OCH3 is 1. The molecule has 1 aromatic rings. The van der Waals surface area contributed by atoms with Crippen molar-refractivity contribution in [2.24, 2.45) is 0 Å². The van der Waals surface area contributed by atoms with Gasteiger partial charge in [-0.3, -0.25) is 4.79 Å². The molecule has 0 aromatic carbocycles. The summed E-state index contributed by atoms with van der Waals surface area (Å²) in [4.78, 5) is 10.3. The Morgan fingerprint density at radius 1 is 1.82 bits per heavy atom. The minimum atomic E-state index is -0.604. The first-order valence-electron chi connectivity index (χ1n) is 3.19. The number of hydrogen-bond acceptors (Lipinski definition) is 4. The van der Waals surface area contributed by atoms with Crippen molar-refractivity contribution >= 4 is 6.29 Å². The smallest absolute Gasteiger partial charge is 0.157 e. The van der Waals surface area contributed by atoms with Crippen LogP contribution in [0.1, 0.15) is 17.6 Å². The Kier molecular flexibility index (Phi) is 2.38. The van der Waals surface area contributed by atoms with Crippen molar-refractivity contribution in [1.29, 1.82) is 0 Å². The summed E-state index contributed by atoms with van der Waals surface area (Å²) in [5.74, 6) is 0.670. The van der Waals surface area contributed by atoms with Crippen molar-refractivity contribution in [1.82, 2.24) is 5.16 Å². The van der Waals surface area contributed by atoms with Gasteiger partial charge < -0.3 is 9.26 Å². The minimum Gasteiger partial charge on any atom is -0.367 e. The number of rotatable bonds is 3. The van der Waals surface area contributed by atoms with Gasteiger partial charge in [0.05, 0.1) is 0 Å². The second kappa shape index (κ2) is 3.30. The first-order chi connectivity index (χ1) is 5.27. The zero-order valence-corrected chi connectivity index (χ0v) is 6.40. The molecule has 1 atom stereocenters. The molecule has 1 aromatic heterocycles. The molecule has 11 heavy (non-hydrogen) atoms. The van der Waals surface area contributed by atoms with Crippen molar-refractivity contribution in [3.8, 4) is 0 Å². The molecule has 4 heteroatoms. The van der Waals surface area contributed by atoms with Gasteiger partial charge in [0.1, 0.15) is 11.5 Å². The highest BCUT2D eigenvalue weighted by molar-refractivity contribution is 5.58. The maximum Gasteiger partial charge on any atom is 0.157 e. The summed E-state index contributed by atoms with van der Waals surface area (Å²) in [6, 6.07) is 1.67. The number of carbonyl (C=O) groups excluding carboxylic acids is 1. The summed E-state index contributed by atoms with van der Waals surface area (Å²) in [5, 5.41) is 3.63. The Labute approximate surface area is 64.1 Å². The first-order valence-corrected chi connectivity index (χ1v) is 3.19. The van der Waals surface area contributed by atoms with Gasteiger partial charge in [-0.1, -0.05) is 5.16 Å². The Hall–Kier alpha value is -1.16. The lowest BCUT2D eigenvalue weighted by Gasteiger charge is -2.00. The van der Waals surface area contributed by atoms with Crippen molar-refractivity contribution in [2.75, 3.05) is 7.11 Å². The van der Waals surface area contributed by atoms with Gasteiger partial charge in [0.15, 0.2) is 12.4 Å². The summed E-state index contributed by atoms with van der Waals surface area (Å²) >= 11 is 0. The molecule has 0 radical (unpaired) electrons. The summed E-state index contributed by atoms with van der Waals surface area (Å²) in [7, 11) is 1.45. The van der Waals surface area contributed by atoms with Gasteiger partial charge in [-0.2, -0.15) is 0 Å². The normalized spacial score (nSPS) is 12.9. The number of hydrogen-bond donors (Lipinski definition) is 0. The van der Waals surface area contributed by atoms with E-state index in [1.807, 2.05) is 0 Å². The third kappa shape index (κ3) is 1.65. The third-order valence-corrected chi connectivity index (χ3v) is 1.32. The maximum absolute atomic E-state index is 10.3. The molecule has 1 heterocycles. The minimum absolute atomic E-state index is 0.514. The fourth-order valence-corrected chi connectivity index (χ4v) is 0.766. The van der Waals surface area contributed by atoms with Crippen molar-refractivity contribution in [3.63, 3.8) is 0 Å². The van der Waals surface area contributed by atoms with Crippen LogP contribution >= 0.6 is 0 Å². The third-order valence-electron chi connectivity index (χ3n) is 1.32. The molecule has 1 rings (SSSR count). The van der Waals surface area contributed by atoms with Gasteiger partial charge in [-0.05, 0) is 6.92 Å². The number of aldehydes is 1. The van der Waals surface area contributed by atoms with Gasteiger partial charge in [-0.15, -0.1) is 0 Å². The molecule has 4 nitrogen and oxygen atoms in total. The number of aromatic nitrogens is 1. The first kappa shape index (κ1) is 7.94. The largest absolute Gasteiger partial charge is 0.367 e. The van der Waals surface area contributed by atoms with E-state index in [0.29, 0.717) is 17.7 Å². The van der Waals surface area contributed by atoms with E-state index >= 15 is 0 Å². The Bertz CT molecular complexity index is 244. The van der Waals surface area contributed by atoms with Crippen LogP contribution in [-0.4, -0.2) is 18.6 Å². The lowest BCUT2D eigenvalue weighted by molar-refractivity contribution is -0.116. The maximum atomic E-state index is 10.3. The van der Waals surface area contributed by atoms with E-state index in [2.05, 4.69) is 5.16 Å². The van der Waals surface area contributed by atoms with Gasteiger partial charge in [0.2, 0.25) is 0 Å². The molecule has 0 amide bonds. The second-order valence-corrected chi connectivity index (χ2v) is 2.15. The average molecular weight is 155 g/mol. The van der Waals surface area contributed by atoms with Crippen LogP contribution in [0.2, 0.25) is 0 Å². The molecule has 60 valence electrons. The fraction of sp³-hybridized carbons (Fsp3) is 0.429. The number of aryl methyl sites for hydroxylation is 1. The highest BCUT2D eigenvalue weighted by Crippen LogP contribution is 2.12. The molecule has 0 fully saturated rings. The Morgan fingerprint density at radius 3 is 2.91 bits per heavy atom. The van der Waals surface area contributed by atoms with Crippen LogP contribution < -0.4 is 0 Å². The van der Waals surface area contributed by atoms with Crippen LogP contribution in [0.5, 0.6) is 0 Å². The number of nitrogens with zero attached hydrogens (tertiary/aromatic N) is 1. The molecule has 0 spiro atoms. The van der Waals surface area contributed by atoms with Crippen LogP contribution in [0, 0.1) is 6.92 Å². The summed E-state index contributed by atoms with van der Waals surface area (Å²) in [6.45, 7) is 1.76. The molecule has 0 bridgehead atoms. The van der Waals surface area contributed by atoms with Gasteiger partial charge in [0, 0.05) is 13.2 Å². The lowest BCUT2D eigenvalue weighted by atomic mass is 10.2. The molecule has 0 saturated heterocycles. The van der Waals surface area contributed by atoms with Crippen LogP contribution in [-0.2, 0) is 9.53 Å². The van der Waals surface area contributed by atoms with Crippen LogP contribution in [0.15, 0.2) is 10.6 Å². The number of carbonyl (C=O) groups is 1. The predicted octanol–water partition coefficient (Wildman–Crippen LogP) is 0.869. The highest BCUT2D eigenvalue weighted by atomic mass is 16.5. The summed E-state index contributed by atoms with van der Waals surface area (Å²) < 4.78 is 9.57. The van der Waals surface area contributed by atoms with Gasteiger partial charge in [-0.25, -0.2) is 0 Å². The topological polar surface area (TPSA) is 52.3 Å². The Balaban J connectivity index is 2.81. The average Bonchev–Trinajstić information content (AvgIpc) is 2.39. The number of ether oxygens (including phenoxy) is 1. The quantitative estimate of drug-likeness (QED) is 0.608. The standard InChI is InChI=1S/C7H9NO3/c1-5-3-6(8-11-5)7(4-9)10-2/h3-4,7H,1-2H3. The molecule has 0 saturated carbocycles. The van der Waals surface area contributed by atoms with Crippen molar-refractivity contribution in [2.45, 2.75) is 13.0 Å². The van der Waals surface area contributed by atoms with E-state index in [0.717, 1.165) is 0 Å². The monoisotopic (exact) mass is 155 g/mol. The SMILES string of the molecule is COC(C=O)c1cc(C)on1. The van der Waals surface area contributed by atoms with E-state index in [4.69, 9.17) is 9.26 Å². The zero-order valence-electron chi connectivity index (χ0n) is 6.40. The highest BCUT2D eigenvalue weighted by Gasteiger charge is 2.12. The van der Waals surface area contributed by atoms with Crippen LogP contribution in [0.25, 0.3) is 0 Å². The van der Waals surface area contributed by atoms with E-state index in [9.17, 15) is 4.79 Å². The van der Waals surface area contributed by atoms with Gasteiger partial charge in [0.25, 0.3) is 0 Å².